The van der Waals surface area contributed by atoms with E-state index in [1.807, 2.05) is 18.2 Å². The minimum absolute atomic E-state index is 0.191. The summed E-state index contributed by atoms with van der Waals surface area (Å²) in [5.74, 6) is -0.191. The average Bonchev–Trinajstić information content (AvgIpc) is 2.74. The van der Waals surface area contributed by atoms with E-state index in [1.165, 1.54) is 11.1 Å². The average molecular weight is 428 g/mol. The summed E-state index contributed by atoms with van der Waals surface area (Å²) in [5.41, 5.74) is 8.12. The molecule has 0 N–H and O–H groups in total. The van der Waals surface area contributed by atoms with Crippen LogP contribution < -0.4 is 0 Å². The van der Waals surface area contributed by atoms with E-state index in [0.29, 0.717) is 24.9 Å². The summed E-state index contributed by atoms with van der Waals surface area (Å²) >= 11 is 0. The van der Waals surface area contributed by atoms with Crippen LogP contribution in [0.1, 0.15) is 22.3 Å². The lowest BCUT2D eigenvalue weighted by atomic mass is 9.95. The van der Waals surface area contributed by atoms with Crippen molar-refractivity contribution in [2.45, 2.75) is 25.5 Å². The minimum atomic E-state index is -0.191. The van der Waals surface area contributed by atoms with Gasteiger partial charge < -0.3 is 9.47 Å². The molecule has 0 aliphatic carbocycles. The third-order valence-corrected chi connectivity index (χ3v) is 5.91. The van der Waals surface area contributed by atoms with Crippen LogP contribution in [0.15, 0.2) is 54.6 Å². The van der Waals surface area contributed by atoms with Gasteiger partial charge in [0.05, 0.1) is 13.2 Å². The molecule has 0 saturated carbocycles. The van der Waals surface area contributed by atoms with Crippen molar-refractivity contribution < 1.29 is 13.9 Å². The largest absolute Gasteiger partial charge is 0.380 e. The lowest BCUT2D eigenvalue weighted by Crippen LogP contribution is -1.99. The molecule has 0 aliphatic heterocycles. The zero-order chi connectivity index (χ0) is 20.8. The second kappa shape index (κ2) is 10.4. The Kier molecular flexibility index (Phi) is 7.92. The molecule has 0 fully saturated rings. The summed E-state index contributed by atoms with van der Waals surface area (Å²) in [5, 5.41) is 0. The predicted molar refractivity (Wildman–Crippen MR) is 126 cm³/mol. The lowest BCUT2D eigenvalue weighted by Gasteiger charge is -2.14. The number of rotatable bonds is 8. The van der Waals surface area contributed by atoms with E-state index in [4.69, 9.17) is 9.47 Å². The molecular weight excluding hydrogens is 401 g/mol. The summed E-state index contributed by atoms with van der Waals surface area (Å²) in [6.07, 6.45) is 1.48. The summed E-state index contributed by atoms with van der Waals surface area (Å²) in [6.45, 7) is 0.965. The van der Waals surface area contributed by atoms with Gasteiger partial charge in [-0.05, 0) is 69.0 Å². The van der Waals surface area contributed by atoms with Crippen LogP contribution in [0.25, 0.3) is 22.3 Å². The Morgan fingerprint density at radius 1 is 0.724 bits per heavy atom. The maximum Gasteiger partial charge on any atom is 0.127 e. The van der Waals surface area contributed by atoms with Crippen LogP contribution in [0.4, 0.5) is 4.39 Å². The van der Waals surface area contributed by atoms with Crippen LogP contribution in [-0.4, -0.2) is 14.2 Å². The highest BCUT2D eigenvalue weighted by Crippen LogP contribution is 2.31. The number of benzene rings is 3. The van der Waals surface area contributed by atoms with Gasteiger partial charge in [0.1, 0.15) is 5.82 Å². The molecule has 0 bridgehead atoms. The van der Waals surface area contributed by atoms with Gasteiger partial charge in [0.2, 0.25) is 0 Å². The first-order valence-corrected chi connectivity index (χ1v) is 11.2. The molecule has 0 aliphatic rings. The molecule has 0 heterocycles. The molecule has 3 aromatic rings. The maximum absolute atomic E-state index is 14.6. The highest BCUT2D eigenvalue weighted by atomic mass is 31.0. The molecule has 2 unspecified atom stereocenters. The number of methoxy groups -OCH3 is 2. The molecule has 0 saturated heterocycles. The molecule has 2 atom stereocenters. The Morgan fingerprint density at radius 2 is 1.38 bits per heavy atom. The van der Waals surface area contributed by atoms with Gasteiger partial charge in [0.15, 0.2) is 0 Å². The first-order valence-electron chi connectivity index (χ1n) is 9.53. The highest BCUT2D eigenvalue weighted by molar-refractivity contribution is 7.15. The lowest BCUT2D eigenvalue weighted by molar-refractivity contribution is 0.184. The molecule has 3 rings (SSSR count). The van der Waals surface area contributed by atoms with Crippen LogP contribution in [0.5, 0.6) is 0 Å². The van der Waals surface area contributed by atoms with Crippen LogP contribution in [0.2, 0.25) is 0 Å². The maximum atomic E-state index is 14.6. The van der Waals surface area contributed by atoms with Crippen molar-refractivity contribution in [2.24, 2.45) is 0 Å². The highest BCUT2D eigenvalue weighted by Gasteiger charge is 2.12. The van der Waals surface area contributed by atoms with Crippen molar-refractivity contribution in [3.05, 3.63) is 82.7 Å². The summed E-state index contributed by atoms with van der Waals surface area (Å²) < 4.78 is 25.2. The molecule has 29 heavy (non-hydrogen) atoms. The second-order valence-corrected chi connectivity index (χ2v) is 7.76. The smallest absolute Gasteiger partial charge is 0.127 e. The van der Waals surface area contributed by atoms with E-state index in [0.717, 1.165) is 34.0 Å². The van der Waals surface area contributed by atoms with Crippen LogP contribution in [0, 0.1) is 5.82 Å². The molecule has 152 valence electrons. The zero-order valence-electron chi connectivity index (χ0n) is 16.9. The zero-order valence-corrected chi connectivity index (χ0v) is 19.2. The van der Waals surface area contributed by atoms with E-state index in [9.17, 15) is 4.39 Å². The number of hydrogen-bond acceptors (Lipinski definition) is 2. The van der Waals surface area contributed by atoms with E-state index in [-0.39, 0.29) is 5.82 Å². The minimum Gasteiger partial charge on any atom is -0.380 e. The summed E-state index contributed by atoms with van der Waals surface area (Å²) in [6, 6.07) is 18.4. The Hall–Kier alpha value is -1.63. The number of ether oxygens (including phenoxy) is 2. The van der Waals surface area contributed by atoms with Crippen LogP contribution in [0.3, 0.4) is 0 Å². The topological polar surface area (TPSA) is 18.5 Å². The van der Waals surface area contributed by atoms with Crippen molar-refractivity contribution in [3.63, 3.8) is 0 Å². The SMILES string of the molecule is COCc1cc(CP)ccc1-c1ccc(-c2cc(F)c(CP)c(COC)c2)cc1. The first-order chi connectivity index (χ1) is 14.1. The van der Waals surface area contributed by atoms with Gasteiger partial charge in [-0.25, -0.2) is 4.39 Å². The van der Waals surface area contributed by atoms with Gasteiger partial charge in [-0.15, -0.1) is 18.5 Å². The Balaban J connectivity index is 1.97. The van der Waals surface area contributed by atoms with E-state index in [2.05, 4.69) is 48.8 Å². The van der Waals surface area contributed by atoms with Crippen molar-refractivity contribution >= 4 is 18.5 Å². The van der Waals surface area contributed by atoms with Gasteiger partial charge in [-0.3, -0.25) is 0 Å². The van der Waals surface area contributed by atoms with E-state index < -0.39 is 0 Å². The third kappa shape index (κ3) is 5.11. The Labute approximate surface area is 177 Å². The van der Waals surface area contributed by atoms with Gasteiger partial charge in [0.25, 0.3) is 0 Å². The molecule has 0 radical (unpaired) electrons. The monoisotopic (exact) mass is 428 g/mol. The fraction of sp³-hybridized carbons (Fsp3) is 0.250. The Morgan fingerprint density at radius 3 is 2.00 bits per heavy atom. The molecule has 3 aromatic carbocycles. The van der Waals surface area contributed by atoms with Crippen molar-refractivity contribution in [1.82, 2.24) is 0 Å². The van der Waals surface area contributed by atoms with Gasteiger partial charge >= 0.3 is 0 Å². The number of hydrogen-bond donors (Lipinski definition) is 0. The first kappa shape index (κ1) is 22.1. The Bertz CT molecular complexity index is 971. The van der Waals surface area contributed by atoms with E-state index >= 15 is 0 Å². The van der Waals surface area contributed by atoms with E-state index in [1.54, 1.807) is 20.3 Å². The van der Waals surface area contributed by atoms with Gasteiger partial charge in [-0.1, -0.05) is 42.5 Å². The molecule has 0 aromatic heterocycles. The molecule has 0 spiro atoms. The molecular formula is C24H27FO2P2. The third-order valence-electron chi connectivity index (χ3n) is 5.03. The fourth-order valence-corrected chi connectivity index (χ4v) is 4.26. The fourth-order valence-electron chi connectivity index (χ4n) is 3.55. The predicted octanol–water partition coefficient (Wildman–Crippen LogP) is 6.20. The van der Waals surface area contributed by atoms with Crippen LogP contribution >= 0.6 is 18.5 Å². The quantitative estimate of drug-likeness (QED) is 0.398. The summed E-state index contributed by atoms with van der Waals surface area (Å²) in [4.78, 5) is 0. The molecule has 0 amide bonds. The van der Waals surface area contributed by atoms with Crippen molar-refractivity contribution in [1.29, 1.82) is 0 Å². The molecule has 5 heteroatoms. The van der Waals surface area contributed by atoms with Gasteiger partial charge in [-0.2, -0.15) is 0 Å². The van der Waals surface area contributed by atoms with Crippen LogP contribution in [-0.2, 0) is 35.0 Å². The normalized spacial score (nSPS) is 11.1. The van der Waals surface area contributed by atoms with Gasteiger partial charge in [0, 0.05) is 14.2 Å². The standard InChI is InChI=1S/C24H27FO2P2/c1-26-12-20-9-16(14-28)3-8-22(20)18-6-4-17(5-7-18)19-10-21(13-27-2)23(15-29)24(25)11-19/h3-11H,12-15,28-29H2,1-2H3. The summed E-state index contributed by atoms with van der Waals surface area (Å²) in [7, 11) is 8.69. The second-order valence-electron chi connectivity index (χ2n) is 6.94. The number of halogens is 1. The van der Waals surface area contributed by atoms with Crippen molar-refractivity contribution in [3.8, 4) is 22.3 Å². The molecule has 2 nitrogen and oxygen atoms in total. The van der Waals surface area contributed by atoms with Crippen molar-refractivity contribution in [2.75, 3.05) is 14.2 Å².